The minimum Gasteiger partial charge on any atom is -0.384 e. The Morgan fingerprint density at radius 1 is 1.35 bits per heavy atom. The molecule has 1 aliphatic carbocycles. The summed E-state index contributed by atoms with van der Waals surface area (Å²) < 4.78 is 38.4. The lowest BCUT2D eigenvalue weighted by Gasteiger charge is -2.35. The SMILES string of the molecule is C[C@H](CC(=N)C1CCC(O)(c2cn[c]s2)CC1)NC(=O)CNC(=O)c1cccc(C(F)(F)F)c1. The van der Waals surface area contributed by atoms with Gasteiger partial charge in [-0.25, -0.2) is 4.98 Å². The van der Waals surface area contributed by atoms with Crippen LogP contribution in [0.3, 0.4) is 0 Å². The molecule has 1 radical (unpaired) electrons. The van der Waals surface area contributed by atoms with Crippen LogP contribution in [0.25, 0.3) is 0 Å². The third-order valence-corrected chi connectivity index (χ3v) is 6.85. The summed E-state index contributed by atoms with van der Waals surface area (Å²) in [6, 6.07) is 3.61. The molecule has 11 heteroatoms. The van der Waals surface area contributed by atoms with Gasteiger partial charge in [-0.3, -0.25) is 9.59 Å². The summed E-state index contributed by atoms with van der Waals surface area (Å²) in [4.78, 5) is 29.0. The summed E-state index contributed by atoms with van der Waals surface area (Å²) in [5.74, 6) is -1.27. The molecule has 1 saturated carbocycles. The molecule has 1 fully saturated rings. The van der Waals surface area contributed by atoms with E-state index in [1.54, 1.807) is 13.1 Å². The smallest absolute Gasteiger partial charge is 0.384 e. The largest absolute Gasteiger partial charge is 0.416 e. The fourth-order valence-electron chi connectivity index (χ4n) is 4.07. The molecule has 183 valence electrons. The van der Waals surface area contributed by atoms with E-state index in [0.717, 1.165) is 23.1 Å². The number of thiazole rings is 1. The highest BCUT2D eigenvalue weighted by Gasteiger charge is 2.37. The fourth-order valence-corrected chi connectivity index (χ4v) is 4.77. The van der Waals surface area contributed by atoms with E-state index in [9.17, 15) is 27.9 Å². The van der Waals surface area contributed by atoms with Crippen LogP contribution in [-0.2, 0) is 16.6 Å². The van der Waals surface area contributed by atoms with Crippen LogP contribution in [-0.4, -0.2) is 40.2 Å². The fraction of sp³-hybridized carbons (Fsp3) is 0.478. The van der Waals surface area contributed by atoms with Gasteiger partial charge in [0.1, 0.15) is 5.60 Å². The lowest BCUT2D eigenvalue weighted by molar-refractivity contribution is -0.137. The molecule has 0 spiro atoms. The number of nitrogens with zero attached hydrogens (tertiary/aromatic N) is 1. The topological polar surface area (TPSA) is 115 Å². The summed E-state index contributed by atoms with van der Waals surface area (Å²) in [5, 5.41) is 24.2. The van der Waals surface area contributed by atoms with Gasteiger partial charge < -0.3 is 21.1 Å². The van der Waals surface area contributed by atoms with E-state index in [2.05, 4.69) is 21.1 Å². The summed E-state index contributed by atoms with van der Waals surface area (Å²) in [6.07, 6.45) is -0.256. The molecule has 2 aromatic rings. The van der Waals surface area contributed by atoms with E-state index >= 15 is 0 Å². The summed E-state index contributed by atoms with van der Waals surface area (Å²) >= 11 is 1.30. The zero-order valence-electron chi connectivity index (χ0n) is 18.5. The second-order valence-electron chi connectivity index (χ2n) is 8.58. The predicted octanol–water partition coefficient (Wildman–Crippen LogP) is 3.68. The number of rotatable bonds is 8. The van der Waals surface area contributed by atoms with Gasteiger partial charge in [0, 0.05) is 29.9 Å². The number of hydrogen-bond donors (Lipinski definition) is 4. The van der Waals surface area contributed by atoms with Crippen LogP contribution >= 0.6 is 11.3 Å². The highest BCUT2D eigenvalue weighted by Crippen LogP contribution is 2.41. The number of halogens is 3. The normalized spacial score (nSPS) is 21.5. The van der Waals surface area contributed by atoms with Gasteiger partial charge in [0.25, 0.3) is 5.91 Å². The Morgan fingerprint density at radius 3 is 2.68 bits per heavy atom. The number of amides is 2. The number of nitrogens with one attached hydrogen (secondary N) is 3. The van der Waals surface area contributed by atoms with Gasteiger partial charge in [-0.1, -0.05) is 6.07 Å². The zero-order valence-corrected chi connectivity index (χ0v) is 19.4. The second-order valence-corrected chi connectivity index (χ2v) is 9.41. The number of hydrogen-bond acceptors (Lipinski definition) is 6. The number of carbonyl (C=O) groups is 2. The molecule has 0 saturated heterocycles. The van der Waals surface area contributed by atoms with E-state index in [4.69, 9.17) is 5.41 Å². The molecule has 1 aromatic heterocycles. The van der Waals surface area contributed by atoms with Gasteiger partial charge in [-0.2, -0.15) is 13.2 Å². The third kappa shape index (κ3) is 6.63. The van der Waals surface area contributed by atoms with Crippen molar-refractivity contribution in [2.45, 2.75) is 56.8 Å². The van der Waals surface area contributed by atoms with Crippen molar-refractivity contribution in [2.24, 2.45) is 5.92 Å². The van der Waals surface area contributed by atoms with Gasteiger partial charge in [-0.15, -0.1) is 11.3 Å². The molecule has 34 heavy (non-hydrogen) atoms. The van der Waals surface area contributed by atoms with Crippen molar-refractivity contribution in [1.82, 2.24) is 15.6 Å². The first-order valence-corrected chi connectivity index (χ1v) is 11.7. The highest BCUT2D eigenvalue weighted by atomic mass is 32.1. The highest BCUT2D eigenvalue weighted by molar-refractivity contribution is 7.09. The average Bonchev–Trinajstić information content (AvgIpc) is 3.33. The molecule has 0 aliphatic heterocycles. The molecule has 2 amide bonds. The predicted molar refractivity (Wildman–Crippen MR) is 121 cm³/mol. The first-order valence-electron chi connectivity index (χ1n) is 10.8. The molecular weight excluding hydrogens is 469 g/mol. The van der Waals surface area contributed by atoms with Crippen molar-refractivity contribution in [3.05, 3.63) is 52.0 Å². The quantitative estimate of drug-likeness (QED) is 0.418. The zero-order chi connectivity index (χ0) is 24.9. The molecule has 1 aromatic carbocycles. The van der Waals surface area contributed by atoms with Gasteiger partial charge >= 0.3 is 6.18 Å². The first kappa shape index (κ1) is 25.8. The summed E-state index contributed by atoms with van der Waals surface area (Å²) in [6.45, 7) is 1.35. The van der Waals surface area contributed by atoms with Crippen molar-refractivity contribution in [3.8, 4) is 0 Å². The minimum atomic E-state index is -4.57. The van der Waals surface area contributed by atoms with Crippen molar-refractivity contribution in [2.75, 3.05) is 6.54 Å². The standard InChI is InChI=1S/C23H26F3N4O3S/c1-14(9-18(27)15-5-7-22(33,8-6-15)19-11-28-13-34-19)30-20(31)12-29-21(32)16-3-2-4-17(10-16)23(24,25)26/h2-4,10-11,14-15,27,33H,5-9,12H2,1H3,(H,29,32)(H,30,31)/t14-,15?,22?/m1/s1. The van der Waals surface area contributed by atoms with Crippen molar-refractivity contribution < 1.29 is 27.9 Å². The molecule has 1 heterocycles. The van der Waals surface area contributed by atoms with E-state index < -0.39 is 35.7 Å². The second kappa shape index (κ2) is 10.6. The number of aromatic nitrogens is 1. The number of benzene rings is 1. The maximum atomic E-state index is 12.8. The molecule has 0 bridgehead atoms. The lowest BCUT2D eigenvalue weighted by Crippen LogP contribution is -2.42. The number of alkyl halides is 3. The molecule has 0 unspecified atom stereocenters. The van der Waals surface area contributed by atoms with Crippen LogP contribution < -0.4 is 10.6 Å². The molecule has 7 nitrogen and oxygen atoms in total. The van der Waals surface area contributed by atoms with E-state index in [0.29, 0.717) is 37.8 Å². The molecule has 1 atom stereocenters. The lowest BCUT2D eigenvalue weighted by atomic mass is 9.75. The van der Waals surface area contributed by atoms with Crippen molar-refractivity contribution in [1.29, 1.82) is 5.41 Å². The maximum Gasteiger partial charge on any atom is 0.416 e. The Hall–Kier alpha value is -2.79. The monoisotopic (exact) mass is 495 g/mol. The Labute approximate surface area is 199 Å². The van der Waals surface area contributed by atoms with Crippen LogP contribution in [0.2, 0.25) is 0 Å². The molecule has 1 aliphatic rings. The minimum absolute atomic E-state index is 0.0112. The van der Waals surface area contributed by atoms with Crippen molar-refractivity contribution >= 4 is 28.9 Å². The van der Waals surface area contributed by atoms with Gasteiger partial charge in [0.2, 0.25) is 5.91 Å². The van der Waals surface area contributed by atoms with Crippen LogP contribution in [0.1, 0.15) is 59.8 Å². The third-order valence-electron chi connectivity index (χ3n) is 5.95. The summed E-state index contributed by atoms with van der Waals surface area (Å²) in [7, 11) is 0. The first-order chi connectivity index (χ1) is 16.0. The Morgan fingerprint density at radius 2 is 2.06 bits per heavy atom. The van der Waals surface area contributed by atoms with E-state index in [1.807, 2.05) is 0 Å². The van der Waals surface area contributed by atoms with Crippen molar-refractivity contribution in [3.63, 3.8) is 0 Å². The molecule has 4 N–H and O–H groups in total. The molecule has 3 rings (SSSR count). The van der Waals surface area contributed by atoms with Crippen LogP contribution in [0.5, 0.6) is 0 Å². The van der Waals surface area contributed by atoms with E-state index in [-0.39, 0.29) is 17.5 Å². The Balaban J connectivity index is 1.42. The molecular formula is C23H26F3N4O3S. The number of carbonyl (C=O) groups excluding carboxylic acids is 2. The van der Waals surface area contributed by atoms with Gasteiger partial charge in [0.15, 0.2) is 5.51 Å². The number of aliphatic hydroxyl groups is 1. The Bertz CT molecular complexity index is 1020. The van der Waals surface area contributed by atoms with E-state index in [1.165, 1.54) is 17.4 Å². The van der Waals surface area contributed by atoms with Gasteiger partial charge in [0.05, 0.1) is 17.0 Å². The Kier molecular flexibility index (Phi) is 8.09. The van der Waals surface area contributed by atoms with Crippen LogP contribution in [0.4, 0.5) is 13.2 Å². The average molecular weight is 496 g/mol. The summed E-state index contributed by atoms with van der Waals surface area (Å²) in [5.41, 5.74) is 1.17. The maximum absolute atomic E-state index is 12.8. The van der Waals surface area contributed by atoms with Crippen LogP contribution in [0, 0.1) is 16.8 Å². The van der Waals surface area contributed by atoms with Crippen LogP contribution in [0.15, 0.2) is 30.5 Å². The van der Waals surface area contributed by atoms with Gasteiger partial charge in [-0.05, 0) is 56.7 Å².